The third kappa shape index (κ3) is 4.30. The van der Waals surface area contributed by atoms with Gasteiger partial charge in [-0.15, -0.1) is 0 Å². The molecule has 4 rings (SSSR count). The number of hydrogen-bond donors (Lipinski definition) is 0. The number of aldehydes is 1. The minimum Gasteiger partial charge on any atom is -0.455 e. The molecule has 0 N–H and O–H groups in total. The van der Waals surface area contributed by atoms with Crippen LogP contribution in [-0.4, -0.2) is 34.1 Å². The Morgan fingerprint density at radius 2 is 1.80 bits per heavy atom. The Kier molecular flexibility index (Phi) is 5.70. The average molecular weight is 398 g/mol. The van der Waals surface area contributed by atoms with E-state index in [2.05, 4.69) is 15.1 Å². The third-order valence-electron chi connectivity index (χ3n) is 4.39. The van der Waals surface area contributed by atoms with Crippen molar-refractivity contribution in [3.8, 4) is 11.3 Å². The molecule has 30 heavy (non-hydrogen) atoms. The standard InChI is InChI=1S/C23H18N4O3/c28-15-19-14-27(26-21(19)18-10-5-2-6-11-18)20-12-7-13-24-22(25-20)23(29)30-16-17-8-3-1-4-9-17/h1-6,8-15H,7,16H2. The lowest BCUT2D eigenvalue weighted by molar-refractivity contribution is -0.136. The summed E-state index contributed by atoms with van der Waals surface area (Å²) in [6.07, 6.45) is 6.15. The number of carbonyl (C=O) groups excluding carboxylic acids is 2. The van der Waals surface area contributed by atoms with Gasteiger partial charge in [0, 0.05) is 24.4 Å². The zero-order valence-electron chi connectivity index (χ0n) is 16.0. The van der Waals surface area contributed by atoms with E-state index in [1.165, 1.54) is 4.68 Å². The van der Waals surface area contributed by atoms with Gasteiger partial charge in [0.1, 0.15) is 12.3 Å². The highest BCUT2D eigenvalue weighted by Gasteiger charge is 2.18. The van der Waals surface area contributed by atoms with Crippen LogP contribution in [0.1, 0.15) is 22.3 Å². The van der Waals surface area contributed by atoms with Crippen molar-refractivity contribution in [1.29, 1.82) is 0 Å². The Morgan fingerprint density at radius 3 is 2.53 bits per heavy atom. The fourth-order valence-electron chi connectivity index (χ4n) is 2.92. The maximum absolute atomic E-state index is 12.5. The molecule has 1 aliphatic heterocycles. The molecule has 2 heterocycles. The maximum Gasteiger partial charge on any atom is 0.376 e. The van der Waals surface area contributed by atoms with Gasteiger partial charge in [-0.3, -0.25) is 4.79 Å². The lowest BCUT2D eigenvalue weighted by atomic mass is 10.1. The minimum atomic E-state index is -0.631. The van der Waals surface area contributed by atoms with Crippen LogP contribution in [-0.2, 0) is 16.1 Å². The Morgan fingerprint density at radius 1 is 1.07 bits per heavy atom. The number of hydrogen-bond acceptors (Lipinski definition) is 6. The number of nitrogens with zero attached hydrogens (tertiary/aromatic N) is 4. The Bertz CT molecular complexity index is 1150. The number of rotatable bonds is 6. The van der Waals surface area contributed by atoms with Gasteiger partial charge in [0.05, 0.1) is 5.56 Å². The predicted octanol–water partition coefficient (Wildman–Crippen LogP) is 3.78. The van der Waals surface area contributed by atoms with Gasteiger partial charge in [-0.05, 0) is 11.6 Å². The van der Waals surface area contributed by atoms with Crippen LogP contribution < -0.4 is 0 Å². The number of allylic oxidation sites excluding steroid dienone is 1. The van der Waals surface area contributed by atoms with Gasteiger partial charge in [-0.2, -0.15) is 5.10 Å². The van der Waals surface area contributed by atoms with E-state index < -0.39 is 5.97 Å². The van der Waals surface area contributed by atoms with Crippen molar-refractivity contribution in [2.24, 2.45) is 9.98 Å². The number of aliphatic imine (C=N–C) groups is 2. The second kappa shape index (κ2) is 8.91. The number of carbonyl (C=O) groups is 2. The van der Waals surface area contributed by atoms with Gasteiger partial charge in [-0.25, -0.2) is 19.5 Å². The first-order valence-electron chi connectivity index (χ1n) is 9.37. The molecule has 2 aromatic carbocycles. The van der Waals surface area contributed by atoms with Crippen molar-refractivity contribution in [3.63, 3.8) is 0 Å². The first-order valence-corrected chi connectivity index (χ1v) is 9.37. The molecular weight excluding hydrogens is 380 g/mol. The highest BCUT2D eigenvalue weighted by atomic mass is 16.5. The van der Waals surface area contributed by atoms with E-state index in [1.807, 2.05) is 60.7 Å². The fraction of sp³-hybridized carbons (Fsp3) is 0.0870. The quantitative estimate of drug-likeness (QED) is 0.467. The van der Waals surface area contributed by atoms with Gasteiger partial charge >= 0.3 is 5.97 Å². The number of esters is 1. The first-order chi connectivity index (χ1) is 14.7. The van der Waals surface area contributed by atoms with E-state index in [0.717, 1.165) is 17.4 Å². The Labute approximate surface area is 173 Å². The third-order valence-corrected chi connectivity index (χ3v) is 4.39. The smallest absolute Gasteiger partial charge is 0.376 e. The summed E-state index contributed by atoms with van der Waals surface area (Å²) in [6, 6.07) is 18.8. The SMILES string of the molecule is O=Cc1cn(C2=CCC=NC(C(=O)OCc3ccccc3)=N2)nc1-c1ccccc1. The summed E-state index contributed by atoms with van der Waals surface area (Å²) >= 11 is 0. The van der Waals surface area contributed by atoms with E-state index in [9.17, 15) is 9.59 Å². The first kappa shape index (κ1) is 19.2. The molecule has 0 atom stereocenters. The van der Waals surface area contributed by atoms with E-state index in [1.54, 1.807) is 18.5 Å². The molecule has 0 radical (unpaired) electrons. The molecule has 3 aromatic rings. The zero-order chi connectivity index (χ0) is 20.8. The summed E-state index contributed by atoms with van der Waals surface area (Å²) in [5, 5.41) is 4.51. The molecule has 0 aliphatic carbocycles. The molecule has 1 aliphatic rings. The summed E-state index contributed by atoms with van der Waals surface area (Å²) in [4.78, 5) is 32.5. The number of benzene rings is 2. The van der Waals surface area contributed by atoms with Crippen LogP contribution in [0.15, 0.2) is 82.9 Å². The van der Waals surface area contributed by atoms with Crippen LogP contribution in [0.5, 0.6) is 0 Å². The van der Waals surface area contributed by atoms with Gasteiger partial charge in [0.2, 0.25) is 5.84 Å². The largest absolute Gasteiger partial charge is 0.455 e. The highest BCUT2D eigenvalue weighted by molar-refractivity contribution is 6.37. The van der Waals surface area contributed by atoms with Gasteiger partial charge in [0.25, 0.3) is 0 Å². The molecule has 0 spiro atoms. The summed E-state index contributed by atoms with van der Waals surface area (Å²) in [6.45, 7) is 0.127. The zero-order valence-corrected chi connectivity index (χ0v) is 16.0. The summed E-state index contributed by atoms with van der Waals surface area (Å²) in [5.74, 6) is -0.308. The van der Waals surface area contributed by atoms with Crippen molar-refractivity contribution in [2.45, 2.75) is 13.0 Å². The van der Waals surface area contributed by atoms with E-state index in [0.29, 0.717) is 23.5 Å². The van der Waals surface area contributed by atoms with Crippen molar-refractivity contribution in [2.75, 3.05) is 0 Å². The average Bonchev–Trinajstić information content (AvgIpc) is 3.08. The molecule has 7 heteroatoms. The molecule has 0 saturated carbocycles. The van der Waals surface area contributed by atoms with Crippen LogP contribution in [0.2, 0.25) is 0 Å². The van der Waals surface area contributed by atoms with Gasteiger partial charge < -0.3 is 4.74 Å². The molecule has 0 amide bonds. The summed E-state index contributed by atoms with van der Waals surface area (Å²) < 4.78 is 6.81. The van der Waals surface area contributed by atoms with E-state index >= 15 is 0 Å². The summed E-state index contributed by atoms with van der Waals surface area (Å²) in [7, 11) is 0. The van der Waals surface area contributed by atoms with Crippen molar-refractivity contribution >= 4 is 30.1 Å². The fourth-order valence-corrected chi connectivity index (χ4v) is 2.92. The second-order valence-corrected chi connectivity index (χ2v) is 6.47. The normalized spacial score (nSPS) is 13.2. The maximum atomic E-state index is 12.5. The molecule has 1 aromatic heterocycles. The topological polar surface area (TPSA) is 85.9 Å². The van der Waals surface area contributed by atoms with Gasteiger partial charge in [0.15, 0.2) is 12.1 Å². The lowest BCUT2D eigenvalue weighted by Crippen LogP contribution is -2.16. The highest BCUT2D eigenvalue weighted by Crippen LogP contribution is 2.23. The second-order valence-electron chi connectivity index (χ2n) is 6.47. The van der Waals surface area contributed by atoms with Gasteiger partial charge in [-0.1, -0.05) is 60.7 Å². The Balaban J connectivity index is 1.58. The molecule has 0 fully saturated rings. The van der Waals surface area contributed by atoms with Crippen LogP contribution in [0.4, 0.5) is 0 Å². The van der Waals surface area contributed by atoms with Crippen LogP contribution in [0.3, 0.4) is 0 Å². The number of amidine groups is 1. The molecule has 0 unspecified atom stereocenters. The van der Waals surface area contributed by atoms with Crippen LogP contribution in [0, 0.1) is 0 Å². The summed E-state index contributed by atoms with van der Waals surface area (Å²) in [5.41, 5.74) is 2.65. The van der Waals surface area contributed by atoms with E-state index in [-0.39, 0.29) is 12.4 Å². The number of aromatic nitrogens is 2. The predicted molar refractivity (Wildman–Crippen MR) is 114 cm³/mol. The number of ether oxygens (including phenoxy) is 1. The molecule has 0 saturated heterocycles. The Hall–Kier alpha value is -4.13. The minimum absolute atomic E-state index is 0.0703. The lowest BCUT2D eigenvalue weighted by Gasteiger charge is -2.05. The van der Waals surface area contributed by atoms with Crippen molar-refractivity contribution < 1.29 is 14.3 Å². The van der Waals surface area contributed by atoms with E-state index in [4.69, 9.17) is 4.74 Å². The van der Waals surface area contributed by atoms with Crippen LogP contribution >= 0.6 is 0 Å². The van der Waals surface area contributed by atoms with Crippen LogP contribution in [0.25, 0.3) is 17.1 Å². The molecular formula is C23H18N4O3. The molecule has 148 valence electrons. The van der Waals surface area contributed by atoms with Crippen molar-refractivity contribution in [1.82, 2.24) is 9.78 Å². The molecule has 0 bridgehead atoms. The molecule has 7 nitrogen and oxygen atoms in total. The van der Waals surface area contributed by atoms with Crippen molar-refractivity contribution in [3.05, 3.63) is 84.1 Å². The monoisotopic (exact) mass is 398 g/mol.